The predicted molar refractivity (Wildman–Crippen MR) is 110 cm³/mol. The fraction of sp³-hybridized carbons (Fsp3) is 0.150. The van der Waals surface area contributed by atoms with Crippen molar-refractivity contribution in [3.63, 3.8) is 0 Å². The number of aryl methyl sites for hydroxylation is 1. The molecule has 0 bridgehead atoms. The van der Waals surface area contributed by atoms with Crippen molar-refractivity contribution in [2.24, 2.45) is 7.05 Å². The highest BCUT2D eigenvalue weighted by atomic mass is 35.5. The number of nitrogens with one attached hydrogen (secondary N) is 1. The van der Waals surface area contributed by atoms with Crippen molar-refractivity contribution in [2.75, 3.05) is 13.2 Å². The van der Waals surface area contributed by atoms with Crippen molar-refractivity contribution in [3.05, 3.63) is 69.8 Å². The lowest BCUT2D eigenvalue weighted by molar-refractivity contribution is -0.135. The number of benzene rings is 1. The molecule has 3 N–H and O–H groups in total. The molecule has 2 rings (SSSR count). The van der Waals surface area contributed by atoms with Crippen molar-refractivity contribution in [1.82, 2.24) is 9.88 Å². The van der Waals surface area contributed by atoms with E-state index in [9.17, 15) is 23.9 Å². The number of carboxylic acids is 1. The number of pyridine rings is 1. The number of carbonyl (C=O) groups excluding carboxylic acids is 1. The second kappa shape index (κ2) is 9.75. The molecule has 2 aromatic rings. The van der Waals surface area contributed by atoms with Gasteiger partial charge in [-0.3, -0.25) is 14.4 Å². The molecule has 0 aliphatic carbocycles. The van der Waals surface area contributed by atoms with E-state index in [1.807, 2.05) is 5.32 Å². The van der Waals surface area contributed by atoms with Crippen LogP contribution in [0, 0.1) is 0 Å². The predicted octanol–water partition coefficient (Wildman–Crippen LogP) is 2.60. The van der Waals surface area contributed by atoms with Gasteiger partial charge in [-0.1, -0.05) is 24.3 Å². The van der Waals surface area contributed by atoms with Gasteiger partial charge in [-0.05, 0) is 24.3 Å². The second-order valence-corrected chi connectivity index (χ2v) is 6.41. The number of amides is 1. The minimum Gasteiger partial charge on any atom is -0.506 e. The Morgan fingerprint density at radius 3 is 2.73 bits per heavy atom. The molecule has 1 aromatic carbocycles. The Hall–Kier alpha value is -3.59. The third kappa shape index (κ3) is 5.26. The Balaban J connectivity index is 2.34. The summed E-state index contributed by atoms with van der Waals surface area (Å²) in [6.07, 6.45) is 3.49. The lowest BCUT2D eigenvalue weighted by atomic mass is 10.1. The molecule has 158 valence electrons. The highest BCUT2D eigenvalue weighted by Gasteiger charge is 2.21. The standard InChI is InChI=1S/C20H18ClFN2O6/c1-3-11(21)8-12(22)6-7-30-13-4-5-14-15(9-13)24(2)20(29)17(18(14)27)19(28)23-10-16(25)26/h3-6,8-9,27H,1,7,10H2,2H3,(H,23,28)(H,25,26)/b11-8+,12-6+. The molecule has 0 radical (unpaired) electrons. The fourth-order valence-corrected chi connectivity index (χ4v) is 2.61. The number of aliphatic carboxylic acids is 1. The topological polar surface area (TPSA) is 118 Å². The molecule has 1 aromatic heterocycles. The average Bonchev–Trinajstić information content (AvgIpc) is 2.70. The van der Waals surface area contributed by atoms with Crippen LogP contribution in [0.3, 0.4) is 0 Å². The second-order valence-electron chi connectivity index (χ2n) is 5.98. The van der Waals surface area contributed by atoms with E-state index in [-0.39, 0.29) is 28.3 Å². The van der Waals surface area contributed by atoms with Crippen LogP contribution < -0.4 is 15.6 Å². The van der Waals surface area contributed by atoms with E-state index in [4.69, 9.17) is 21.4 Å². The molecule has 0 saturated carbocycles. The first-order valence-corrected chi connectivity index (χ1v) is 8.87. The molecule has 1 heterocycles. The number of ether oxygens (including phenoxy) is 1. The van der Waals surface area contributed by atoms with Gasteiger partial charge in [0.2, 0.25) is 0 Å². The maximum atomic E-state index is 13.6. The van der Waals surface area contributed by atoms with Gasteiger partial charge in [-0.15, -0.1) is 0 Å². The number of halogens is 2. The Morgan fingerprint density at radius 2 is 2.10 bits per heavy atom. The Kier molecular flexibility index (Phi) is 7.38. The molecule has 0 aliphatic heterocycles. The van der Waals surface area contributed by atoms with Crippen LogP contribution in [-0.4, -0.2) is 39.8 Å². The Bertz CT molecular complexity index is 1140. The zero-order valence-corrected chi connectivity index (χ0v) is 16.6. The van der Waals surface area contributed by atoms with Gasteiger partial charge in [-0.25, -0.2) is 4.39 Å². The van der Waals surface area contributed by atoms with Gasteiger partial charge in [0.1, 0.15) is 36.0 Å². The van der Waals surface area contributed by atoms with Crippen LogP contribution in [0.25, 0.3) is 10.9 Å². The third-order valence-electron chi connectivity index (χ3n) is 3.97. The quantitative estimate of drug-likeness (QED) is 0.547. The van der Waals surface area contributed by atoms with Crippen molar-refractivity contribution in [3.8, 4) is 11.5 Å². The molecule has 0 aliphatic rings. The first kappa shape index (κ1) is 22.7. The Labute approximate surface area is 175 Å². The highest BCUT2D eigenvalue weighted by Crippen LogP contribution is 2.29. The molecule has 10 heteroatoms. The van der Waals surface area contributed by atoms with E-state index in [1.54, 1.807) is 0 Å². The van der Waals surface area contributed by atoms with Crippen molar-refractivity contribution >= 4 is 34.4 Å². The summed E-state index contributed by atoms with van der Waals surface area (Å²) >= 11 is 5.65. The maximum Gasteiger partial charge on any atom is 0.322 e. The summed E-state index contributed by atoms with van der Waals surface area (Å²) in [5.74, 6) is -3.23. The van der Waals surface area contributed by atoms with Gasteiger partial charge in [0.25, 0.3) is 11.5 Å². The number of aromatic hydroxyl groups is 1. The van der Waals surface area contributed by atoms with Crippen LogP contribution in [0.4, 0.5) is 4.39 Å². The third-order valence-corrected chi connectivity index (χ3v) is 4.23. The van der Waals surface area contributed by atoms with Gasteiger partial charge in [0.05, 0.1) is 5.52 Å². The molecule has 0 unspecified atom stereocenters. The largest absolute Gasteiger partial charge is 0.506 e. The van der Waals surface area contributed by atoms with E-state index < -0.39 is 41.1 Å². The summed E-state index contributed by atoms with van der Waals surface area (Å²) in [6, 6.07) is 4.32. The van der Waals surface area contributed by atoms with Gasteiger partial charge >= 0.3 is 5.97 Å². The van der Waals surface area contributed by atoms with Gasteiger partial charge < -0.3 is 24.8 Å². The molecule has 0 fully saturated rings. The highest BCUT2D eigenvalue weighted by molar-refractivity contribution is 6.31. The molecule has 1 amide bonds. The molecule has 8 nitrogen and oxygen atoms in total. The maximum absolute atomic E-state index is 13.6. The first-order valence-electron chi connectivity index (χ1n) is 8.49. The molecule has 0 spiro atoms. The van der Waals surface area contributed by atoms with Crippen LogP contribution in [0.5, 0.6) is 11.5 Å². The summed E-state index contributed by atoms with van der Waals surface area (Å²) < 4.78 is 20.2. The normalized spacial score (nSPS) is 12.0. The smallest absolute Gasteiger partial charge is 0.322 e. The summed E-state index contributed by atoms with van der Waals surface area (Å²) in [5, 5.41) is 21.4. The van der Waals surface area contributed by atoms with Gasteiger partial charge in [0, 0.05) is 23.5 Å². The number of fused-ring (bicyclic) bond motifs is 1. The minimum absolute atomic E-state index is 0.128. The number of carboxylic acid groups (broad SMARTS) is 1. The number of allylic oxidation sites excluding steroid dienone is 4. The van der Waals surface area contributed by atoms with Crippen LogP contribution in [0.2, 0.25) is 0 Å². The van der Waals surface area contributed by atoms with Crippen LogP contribution in [0.15, 0.2) is 58.7 Å². The number of rotatable bonds is 8. The number of aromatic nitrogens is 1. The van der Waals surface area contributed by atoms with E-state index in [2.05, 4.69) is 6.58 Å². The lowest BCUT2D eigenvalue weighted by Crippen LogP contribution is -2.35. The number of hydrogen-bond donors (Lipinski definition) is 3. The SMILES string of the molecule is C=C/C(Cl)=C\C(F)=C/COc1ccc2c(O)c(C(=O)NCC(=O)O)c(=O)n(C)c2c1. The van der Waals surface area contributed by atoms with E-state index >= 15 is 0 Å². The summed E-state index contributed by atoms with van der Waals surface area (Å²) in [7, 11) is 1.38. The van der Waals surface area contributed by atoms with E-state index in [0.29, 0.717) is 0 Å². The zero-order valence-electron chi connectivity index (χ0n) is 15.8. The molecular weight excluding hydrogens is 419 g/mol. The van der Waals surface area contributed by atoms with Crippen molar-refractivity contribution < 1.29 is 28.9 Å². The van der Waals surface area contributed by atoms with E-state index in [1.165, 1.54) is 31.3 Å². The van der Waals surface area contributed by atoms with Gasteiger partial charge in [0.15, 0.2) is 0 Å². The molecule has 0 saturated heterocycles. The fourth-order valence-electron chi connectivity index (χ4n) is 2.51. The average molecular weight is 437 g/mol. The van der Waals surface area contributed by atoms with Crippen LogP contribution in [-0.2, 0) is 11.8 Å². The monoisotopic (exact) mass is 436 g/mol. The summed E-state index contributed by atoms with van der Waals surface area (Å²) in [4.78, 5) is 35.2. The van der Waals surface area contributed by atoms with Crippen molar-refractivity contribution in [1.29, 1.82) is 0 Å². The van der Waals surface area contributed by atoms with Crippen molar-refractivity contribution in [2.45, 2.75) is 0 Å². The van der Waals surface area contributed by atoms with Gasteiger partial charge in [-0.2, -0.15) is 0 Å². The summed E-state index contributed by atoms with van der Waals surface area (Å²) in [6.45, 7) is 2.56. The molecular formula is C20H18ClFN2O6. The minimum atomic E-state index is -1.30. The lowest BCUT2D eigenvalue weighted by Gasteiger charge is -2.13. The summed E-state index contributed by atoms with van der Waals surface area (Å²) in [5.41, 5.74) is -1.14. The molecule has 0 atom stereocenters. The number of nitrogens with zero attached hydrogens (tertiary/aromatic N) is 1. The number of hydrogen-bond acceptors (Lipinski definition) is 5. The van der Waals surface area contributed by atoms with E-state index in [0.717, 1.165) is 16.7 Å². The van der Waals surface area contributed by atoms with Crippen LogP contribution >= 0.6 is 11.6 Å². The Morgan fingerprint density at radius 1 is 1.40 bits per heavy atom. The zero-order chi connectivity index (χ0) is 22.4. The molecule has 30 heavy (non-hydrogen) atoms. The number of carbonyl (C=O) groups is 2. The first-order chi connectivity index (χ1) is 14.1. The van der Waals surface area contributed by atoms with Crippen LogP contribution in [0.1, 0.15) is 10.4 Å².